The SMILES string of the molecule is O=C(COc1cc(C2CCCC2)[nH]c(=O)n1)NC12CC3CC(CC(C3)C1)C2. The number of hydrogen-bond acceptors (Lipinski definition) is 4. The second-order valence-corrected chi connectivity index (χ2v) is 9.50. The van der Waals surface area contributed by atoms with Crippen LogP contribution in [0.2, 0.25) is 0 Å². The highest BCUT2D eigenvalue weighted by atomic mass is 16.5. The summed E-state index contributed by atoms with van der Waals surface area (Å²) >= 11 is 0. The fourth-order valence-electron chi connectivity index (χ4n) is 6.72. The molecule has 2 N–H and O–H groups in total. The molecular formula is C21H29N3O3. The molecule has 5 aliphatic rings. The van der Waals surface area contributed by atoms with Gasteiger partial charge in [-0.15, -0.1) is 0 Å². The topological polar surface area (TPSA) is 84.1 Å². The smallest absolute Gasteiger partial charge is 0.348 e. The lowest BCUT2D eigenvalue weighted by atomic mass is 9.53. The number of H-pyrrole nitrogens is 1. The normalized spacial score (nSPS) is 34.7. The Morgan fingerprint density at radius 2 is 1.78 bits per heavy atom. The average Bonchev–Trinajstić information content (AvgIpc) is 3.12. The van der Waals surface area contributed by atoms with Crippen LogP contribution < -0.4 is 15.7 Å². The minimum Gasteiger partial charge on any atom is -0.467 e. The lowest BCUT2D eigenvalue weighted by molar-refractivity contribution is -0.128. The molecule has 146 valence electrons. The Balaban J connectivity index is 1.22. The van der Waals surface area contributed by atoms with Crippen LogP contribution in [-0.4, -0.2) is 28.0 Å². The molecule has 1 amide bonds. The largest absolute Gasteiger partial charge is 0.467 e. The van der Waals surface area contributed by atoms with Crippen molar-refractivity contribution in [3.8, 4) is 5.88 Å². The molecule has 0 radical (unpaired) electrons. The van der Waals surface area contributed by atoms with Crippen LogP contribution >= 0.6 is 0 Å². The fraction of sp³-hybridized carbons (Fsp3) is 0.762. The van der Waals surface area contributed by atoms with Crippen LogP contribution in [0.4, 0.5) is 0 Å². The number of hydrogen-bond donors (Lipinski definition) is 2. The number of aromatic nitrogens is 2. The summed E-state index contributed by atoms with van der Waals surface area (Å²) in [5.41, 5.74) is 0.492. The van der Waals surface area contributed by atoms with E-state index in [2.05, 4.69) is 15.3 Å². The van der Waals surface area contributed by atoms with Gasteiger partial charge in [-0.05, 0) is 75.0 Å². The molecule has 5 saturated carbocycles. The molecule has 1 heterocycles. The first-order valence-corrected chi connectivity index (χ1v) is 10.6. The predicted octanol–water partition coefficient (Wildman–Crippen LogP) is 2.89. The van der Waals surface area contributed by atoms with Gasteiger partial charge >= 0.3 is 5.69 Å². The van der Waals surface area contributed by atoms with Gasteiger partial charge in [0.15, 0.2) is 6.61 Å². The third-order valence-electron chi connectivity index (χ3n) is 7.33. The number of amides is 1. The summed E-state index contributed by atoms with van der Waals surface area (Å²) in [5, 5.41) is 3.30. The molecule has 0 spiro atoms. The van der Waals surface area contributed by atoms with Gasteiger partial charge in [0.05, 0.1) is 0 Å². The van der Waals surface area contributed by atoms with E-state index in [1.807, 2.05) is 0 Å². The van der Waals surface area contributed by atoms with Crippen molar-refractivity contribution in [3.05, 3.63) is 22.2 Å². The molecule has 6 rings (SSSR count). The Kier molecular flexibility index (Phi) is 4.25. The van der Waals surface area contributed by atoms with Crippen molar-refractivity contribution in [3.63, 3.8) is 0 Å². The lowest BCUT2D eigenvalue weighted by Gasteiger charge is -2.56. The number of ether oxygens (including phenoxy) is 1. The quantitative estimate of drug-likeness (QED) is 0.833. The van der Waals surface area contributed by atoms with Crippen LogP contribution in [-0.2, 0) is 4.79 Å². The highest BCUT2D eigenvalue weighted by molar-refractivity contribution is 5.78. The van der Waals surface area contributed by atoms with E-state index >= 15 is 0 Å². The van der Waals surface area contributed by atoms with Crippen LogP contribution in [0.5, 0.6) is 5.88 Å². The molecule has 0 saturated heterocycles. The highest BCUT2D eigenvalue weighted by Gasteiger charge is 2.51. The summed E-state index contributed by atoms with van der Waals surface area (Å²) in [6.07, 6.45) is 12.0. The maximum Gasteiger partial charge on any atom is 0.348 e. The number of carbonyl (C=O) groups excluding carboxylic acids is 1. The zero-order valence-electron chi connectivity index (χ0n) is 15.8. The van der Waals surface area contributed by atoms with Crippen molar-refractivity contribution in [2.75, 3.05) is 6.61 Å². The third kappa shape index (κ3) is 3.50. The zero-order chi connectivity index (χ0) is 18.4. The van der Waals surface area contributed by atoms with Crippen LogP contribution in [0.1, 0.15) is 75.8 Å². The monoisotopic (exact) mass is 371 g/mol. The summed E-state index contributed by atoms with van der Waals surface area (Å²) in [6.45, 7) is -0.0672. The minimum absolute atomic E-state index is 0.00815. The van der Waals surface area contributed by atoms with Gasteiger partial charge < -0.3 is 15.0 Å². The molecule has 6 nitrogen and oxygen atoms in total. The Hall–Kier alpha value is -1.85. The fourth-order valence-corrected chi connectivity index (χ4v) is 6.72. The van der Waals surface area contributed by atoms with E-state index in [1.54, 1.807) is 6.07 Å². The Morgan fingerprint density at radius 3 is 2.41 bits per heavy atom. The van der Waals surface area contributed by atoms with Crippen LogP contribution in [0, 0.1) is 17.8 Å². The number of nitrogens with one attached hydrogen (secondary N) is 2. The maximum absolute atomic E-state index is 12.6. The van der Waals surface area contributed by atoms with Crippen molar-refractivity contribution < 1.29 is 9.53 Å². The van der Waals surface area contributed by atoms with Gasteiger partial charge in [-0.25, -0.2) is 4.79 Å². The van der Waals surface area contributed by atoms with E-state index in [4.69, 9.17) is 4.74 Å². The summed E-state index contributed by atoms with van der Waals surface area (Å²) in [7, 11) is 0. The van der Waals surface area contributed by atoms with Crippen molar-refractivity contribution in [2.45, 2.75) is 75.7 Å². The third-order valence-corrected chi connectivity index (χ3v) is 7.33. The predicted molar refractivity (Wildman–Crippen MR) is 101 cm³/mol. The number of nitrogens with zero attached hydrogens (tertiary/aromatic N) is 1. The second kappa shape index (κ2) is 6.64. The van der Waals surface area contributed by atoms with Gasteiger partial charge in [0.25, 0.3) is 5.91 Å². The van der Waals surface area contributed by atoms with Crippen molar-refractivity contribution in [1.82, 2.24) is 15.3 Å². The zero-order valence-corrected chi connectivity index (χ0v) is 15.8. The summed E-state index contributed by atoms with van der Waals surface area (Å²) in [4.78, 5) is 31.2. The molecule has 4 bridgehead atoms. The molecule has 5 aliphatic carbocycles. The maximum atomic E-state index is 12.6. The van der Waals surface area contributed by atoms with Crippen molar-refractivity contribution >= 4 is 5.91 Å². The van der Waals surface area contributed by atoms with Gasteiger partial charge in [-0.3, -0.25) is 4.79 Å². The van der Waals surface area contributed by atoms with E-state index in [0.29, 0.717) is 5.92 Å². The first-order valence-electron chi connectivity index (χ1n) is 10.6. The van der Waals surface area contributed by atoms with Crippen molar-refractivity contribution in [2.24, 2.45) is 17.8 Å². The van der Waals surface area contributed by atoms with Gasteiger partial charge in [-0.1, -0.05) is 12.8 Å². The second-order valence-electron chi connectivity index (χ2n) is 9.50. The number of carbonyl (C=O) groups is 1. The van der Waals surface area contributed by atoms with Gasteiger partial charge in [0.2, 0.25) is 5.88 Å². The van der Waals surface area contributed by atoms with Gasteiger partial charge in [0.1, 0.15) is 0 Å². The molecule has 27 heavy (non-hydrogen) atoms. The minimum atomic E-state index is -0.393. The molecule has 1 aromatic rings. The number of aromatic amines is 1. The molecule has 5 fully saturated rings. The Morgan fingerprint density at radius 1 is 1.15 bits per heavy atom. The van der Waals surface area contributed by atoms with Crippen LogP contribution in [0.15, 0.2) is 10.9 Å². The van der Waals surface area contributed by atoms with Crippen LogP contribution in [0.25, 0.3) is 0 Å². The summed E-state index contributed by atoms with van der Waals surface area (Å²) < 4.78 is 5.62. The van der Waals surface area contributed by atoms with Gasteiger partial charge in [-0.2, -0.15) is 4.98 Å². The van der Waals surface area contributed by atoms with E-state index in [-0.39, 0.29) is 23.9 Å². The lowest BCUT2D eigenvalue weighted by Crippen LogP contribution is -2.60. The molecule has 1 aromatic heterocycles. The summed E-state index contributed by atoms with van der Waals surface area (Å²) in [6, 6.07) is 1.80. The molecule has 0 unspecified atom stereocenters. The standard InChI is InChI=1S/C21H29N3O3/c25-18(24-21-9-13-5-14(10-21)7-15(6-13)11-21)12-27-19-8-17(22-20(26)23-19)16-3-1-2-4-16/h8,13-16H,1-7,9-12H2,(H,24,25)(H,22,23,26). The molecule has 0 aliphatic heterocycles. The number of rotatable bonds is 5. The van der Waals surface area contributed by atoms with E-state index in [1.165, 1.54) is 32.1 Å². The highest BCUT2D eigenvalue weighted by Crippen LogP contribution is 2.55. The first kappa shape index (κ1) is 17.3. The van der Waals surface area contributed by atoms with Crippen molar-refractivity contribution in [1.29, 1.82) is 0 Å². The molecular weight excluding hydrogens is 342 g/mol. The Labute approximate surface area is 159 Å². The van der Waals surface area contributed by atoms with E-state index < -0.39 is 5.69 Å². The first-order chi connectivity index (χ1) is 13.1. The van der Waals surface area contributed by atoms with Gasteiger partial charge in [0, 0.05) is 17.3 Å². The van der Waals surface area contributed by atoms with E-state index in [0.717, 1.165) is 55.6 Å². The summed E-state index contributed by atoms with van der Waals surface area (Å²) in [5.74, 6) is 2.94. The average molecular weight is 371 g/mol. The molecule has 6 heteroatoms. The van der Waals surface area contributed by atoms with E-state index in [9.17, 15) is 9.59 Å². The van der Waals surface area contributed by atoms with Crippen LogP contribution in [0.3, 0.4) is 0 Å². The Bertz CT molecular complexity index is 746. The molecule has 0 aromatic carbocycles. The molecule has 0 atom stereocenters.